The van der Waals surface area contributed by atoms with Crippen LogP contribution in [0.4, 0.5) is 0 Å². The van der Waals surface area contributed by atoms with E-state index in [1.807, 2.05) is 18.1 Å². The van der Waals surface area contributed by atoms with Crippen molar-refractivity contribution in [3.8, 4) is 0 Å². The van der Waals surface area contributed by atoms with E-state index in [0.717, 1.165) is 25.8 Å². The largest absolute Gasteiger partial charge is 0.430 e. The molecule has 0 bridgehead atoms. The first kappa shape index (κ1) is 16.1. The van der Waals surface area contributed by atoms with Gasteiger partial charge < -0.3 is 9.47 Å². The predicted molar refractivity (Wildman–Crippen MR) is 87.9 cm³/mol. The molecule has 4 atom stereocenters. The summed E-state index contributed by atoms with van der Waals surface area (Å²) >= 11 is 0. The fourth-order valence-electron chi connectivity index (χ4n) is 4.39. The number of unbranched alkanes of at least 4 members (excludes halogenated alkanes) is 1. The molecular formula is C19H25NO4. The molecule has 0 radical (unpaired) electrons. The van der Waals surface area contributed by atoms with Gasteiger partial charge in [0.05, 0.1) is 6.04 Å². The second-order valence-corrected chi connectivity index (χ2v) is 6.86. The Morgan fingerprint density at radius 3 is 2.96 bits per heavy atom. The fourth-order valence-corrected chi connectivity index (χ4v) is 4.39. The average molecular weight is 331 g/mol. The Hall–Kier alpha value is -1.43. The molecular weight excluding hydrogens is 306 g/mol. The summed E-state index contributed by atoms with van der Waals surface area (Å²) in [5.74, 6) is -1.43. The van der Waals surface area contributed by atoms with Gasteiger partial charge >= 0.3 is 5.97 Å². The summed E-state index contributed by atoms with van der Waals surface area (Å²) in [5, 5.41) is 1.98. The van der Waals surface area contributed by atoms with Crippen LogP contribution >= 0.6 is 0 Å². The number of hydrogen-bond acceptors (Lipinski definition) is 5. The van der Waals surface area contributed by atoms with Crippen LogP contribution in [0, 0.1) is 5.92 Å². The lowest BCUT2D eigenvalue weighted by Crippen LogP contribution is -2.45. The lowest BCUT2D eigenvalue weighted by molar-refractivity contribution is -0.290. The Bertz CT molecular complexity index is 634. The number of carbonyl (C=O) groups is 1. The molecule has 5 heteroatoms. The van der Waals surface area contributed by atoms with Crippen molar-refractivity contribution in [2.75, 3.05) is 13.2 Å². The van der Waals surface area contributed by atoms with Crippen LogP contribution in [0.15, 0.2) is 24.3 Å². The Morgan fingerprint density at radius 1 is 1.33 bits per heavy atom. The van der Waals surface area contributed by atoms with E-state index in [4.69, 9.17) is 14.3 Å². The lowest BCUT2D eigenvalue weighted by atomic mass is 9.83. The molecule has 24 heavy (non-hydrogen) atoms. The van der Waals surface area contributed by atoms with Gasteiger partial charge in [0, 0.05) is 19.6 Å². The van der Waals surface area contributed by atoms with Crippen LogP contribution in [-0.2, 0) is 25.5 Å². The smallest absolute Gasteiger partial charge is 0.316 e. The number of esters is 1. The van der Waals surface area contributed by atoms with Crippen LogP contribution in [0.1, 0.15) is 50.3 Å². The van der Waals surface area contributed by atoms with E-state index < -0.39 is 5.79 Å². The van der Waals surface area contributed by atoms with Crippen molar-refractivity contribution in [3.63, 3.8) is 0 Å². The normalized spacial score (nSPS) is 34.6. The highest BCUT2D eigenvalue weighted by Gasteiger charge is 2.66. The molecule has 3 heterocycles. The number of fused-ring (bicyclic) bond motifs is 5. The zero-order valence-corrected chi connectivity index (χ0v) is 14.4. The first-order chi connectivity index (χ1) is 11.7. The molecule has 0 aliphatic carbocycles. The van der Waals surface area contributed by atoms with Crippen molar-refractivity contribution in [1.82, 2.24) is 5.06 Å². The van der Waals surface area contributed by atoms with Gasteiger partial charge in [-0.25, -0.2) is 0 Å². The topological polar surface area (TPSA) is 48.0 Å². The lowest BCUT2D eigenvalue weighted by Gasteiger charge is -2.34. The molecule has 3 aliphatic heterocycles. The van der Waals surface area contributed by atoms with Gasteiger partial charge in [0.25, 0.3) is 0 Å². The van der Waals surface area contributed by atoms with Crippen LogP contribution in [0.25, 0.3) is 0 Å². The van der Waals surface area contributed by atoms with Crippen molar-refractivity contribution in [1.29, 1.82) is 0 Å². The summed E-state index contributed by atoms with van der Waals surface area (Å²) in [6, 6.07) is 8.28. The molecule has 4 rings (SSSR count). The maximum Gasteiger partial charge on any atom is 0.316 e. The monoisotopic (exact) mass is 331 g/mol. The van der Waals surface area contributed by atoms with Gasteiger partial charge in [-0.2, -0.15) is 5.06 Å². The van der Waals surface area contributed by atoms with Crippen molar-refractivity contribution in [2.45, 2.75) is 57.5 Å². The second kappa shape index (κ2) is 6.14. The molecule has 0 unspecified atom stereocenters. The predicted octanol–water partition coefficient (Wildman–Crippen LogP) is 3.00. The van der Waals surface area contributed by atoms with Gasteiger partial charge in [0.1, 0.15) is 5.92 Å². The molecule has 2 saturated heterocycles. The Balaban J connectivity index is 1.70. The number of hydroxylamine groups is 2. The number of hydrogen-bond donors (Lipinski definition) is 0. The minimum atomic E-state index is -0.932. The van der Waals surface area contributed by atoms with Crippen LogP contribution < -0.4 is 0 Å². The summed E-state index contributed by atoms with van der Waals surface area (Å²) in [6.45, 7) is 5.37. The fraction of sp³-hybridized carbons (Fsp3) is 0.632. The van der Waals surface area contributed by atoms with Crippen molar-refractivity contribution < 1.29 is 19.1 Å². The first-order valence-electron chi connectivity index (χ1n) is 9.08. The maximum absolute atomic E-state index is 12.8. The third-order valence-corrected chi connectivity index (χ3v) is 5.45. The maximum atomic E-state index is 12.8. The summed E-state index contributed by atoms with van der Waals surface area (Å²) in [5.41, 5.74) is 2.49. The van der Waals surface area contributed by atoms with Gasteiger partial charge in [0.2, 0.25) is 5.79 Å². The van der Waals surface area contributed by atoms with E-state index in [1.165, 1.54) is 11.1 Å². The summed E-state index contributed by atoms with van der Waals surface area (Å²) in [6.07, 6.45) is 3.25. The summed E-state index contributed by atoms with van der Waals surface area (Å²) < 4.78 is 11.8. The molecule has 130 valence electrons. The van der Waals surface area contributed by atoms with E-state index >= 15 is 0 Å². The summed E-state index contributed by atoms with van der Waals surface area (Å²) in [7, 11) is 0. The van der Waals surface area contributed by atoms with Crippen LogP contribution in [0.5, 0.6) is 0 Å². The molecule has 0 saturated carbocycles. The van der Waals surface area contributed by atoms with Crippen molar-refractivity contribution in [3.05, 3.63) is 35.4 Å². The molecule has 3 aliphatic rings. The number of rotatable bonds is 5. The van der Waals surface area contributed by atoms with Crippen LogP contribution in [0.2, 0.25) is 0 Å². The molecule has 1 aromatic rings. The third kappa shape index (κ3) is 2.30. The zero-order chi connectivity index (χ0) is 16.7. The van der Waals surface area contributed by atoms with Gasteiger partial charge in [-0.15, -0.1) is 0 Å². The first-order valence-corrected chi connectivity index (χ1v) is 9.08. The van der Waals surface area contributed by atoms with Gasteiger partial charge in [-0.3, -0.25) is 9.63 Å². The standard InChI is InChI=1S/C19H25NO4/c1-3-5-11-19(22-4-2)17-15(18(21)23-19)16-14-9-7-6-8-13(14)10-12-20(16)24-17/h6-9,15-17H,3-5,10-12H2,1-2H3/t15-,16-,17+,19+/m1/s1. The molecule has 0 N–H and O–H groups in total. The summed E-state index contributed by atoms with van der Waals surface area (Å²) in [4.78, 5) is 19.0. The Kier molecular flexibility index (Phi) is 4.11. The number of benzene rings is 1. The zero-order valence-electron chi connectivity index (χ0n) is 14.4. The molecule has 0 amide bonds. The second-order valence-electron chi connectivity index (χ2n) is 6.86. The van der Waals surface area contributed by atoms with Gasteiger partial charge in [-0.05, 0) is 30.9 Å². The van der Waals surface area contributed by atoms with E-state index in [-0.39, 0.29) is 24.0 Å². The average Bonchev–Trinajstić information content (AvgIpc) is 3.11. The molecule has 0 spiro atoms. The molecule has 2 fully saturated rings. The Labute approximate surface area is 142 Å². The molecule has 1 aromatic carbocycles. The van der Waals surface area contributed by atoms with Crippen LogP contribution in [-0.4, -0.2) is 36.1 Å². The quantitative estimate of drug-likeness (QED) is 0.776. The van der Waals surface area contributed by atoms with Gasteiger partial charge in [0.15, 0.2) is 6.10 Å². The SMILES string of the molecule is CCCC[C@]1(OCC)OC(=O)[C@@H]2[C@H]3c4ccccc4CCN3O[C@@H]21. The van der Waals surface area contributed by atoms with Crippen molar-refractivity contribution in [2.24, 2.45) is 5.92 Å². The van der Waals surface area contributed by atoms with Crippen LogP contribution in [0.3, 0.4) is 0 Å². The molecule has 5 nitrogen and oxygen atoms in total. The highest BCUT2D eigenvalue weighted by molar-refractivity contribution is 5.78. The highest BCUT2D eigenvalue weighted by atomic mass is 16.8. The Morgan fingerprint density at radius 2 is 2.17 bits per heavy atom. The number of carbonyl (C=O) groups excluding carboxylic acids is 1. The number of ether oxygens (including phenoxy) is 2. The highest BCUT2D eigenvalue weighted by Crippen LogP contribution is 2.52. The number of nitrogens with zero attached hydrogens (tertiary/aromatic N) is 1. The van der Waals surface area contributed by atoms with E-state index in [0.29, 0.717) is 13.0 Å². The van der Waals surface area contributed by atoms with Crippen molar-refractivity contribution >= 4 is 5.97 Å². The number of cyclic esters (lactones) is 1. The van der Waals surface area contributed by atoms with Gasteiger partial charge in [-0.1, -0.05) is 37.6 Å². The minimum Gasteiger partial charge on any atom is -0.430 e. The van der Waals surface area contributed by atoms with E-state index in [2.05, 4.69) is 25.1 Å². The molecule has 0 aromatic heterocycles. The minimum absolute atomic E-state index is 0.0589. The third-order valence-electron chi connectivity index (χ3n) is 5.45. The van der Waals surface area contributed by atoms with E-state index in [1.54, 1.807) is 0 Å². The van der Waals surface area contributed by atoms with E-state index in [9.17, 15) is 4.79 Å².